The molecule has 1 unspecified atom stereocenters. The number of hydrogen-bond donors (Lipinski definition) is 0. The lowest BCUT2D eigenvalue weighted by atomic mass is 9.82. The van der Waals surface area contributed by atoms with Crippen molar-refractivity contribution in [2.24, 2.45) is 5.92 Å². The average Bonchev–Trinajstić information content (AvgIpc) is 2.25. The Bertz CT molecular complexity index is 299. The van der Waals surface area contributed by atoms with Gasteiger partial charge < -0.3 is 4.90 Å². The number of piperidine rings is 1. The van der Waals surface area contributed by atoms with Gasteiger partial charge in [-0.3, -0.25) is 9.69 Å². The zero-order valence-corrected chi connectivity index (χ0v) is 7.70. The molecule has 3 heteroatoms. The van der Waals surface area contributed by atoms with Crippen molar-refractivity contribution in [3.8, 4) is 0 Å². The number of fused-ring (bicyclic) bond motifs is 1. The van der Waals surface area contributed by atoms with Gasteiger partial charge in [0.15, 0.2) is 0 Å². The van der Waals surface area contributed by atoms with Gasteiger partial charge in [0, 0.05) is 19.1 Å². The molecule has 4 atom stereocenters. The van der Waals surface area contributed by atoms with Crippen LogP contribution in [0.25, 0.3) is 0 Å². The van der Waals surface area contributed by atoms with Crippen LogP contribution < -0.4 is 0 Å². The standard InChI is InChI=1S/C10H14N2O/c13-9-4-10-3-7-1-2-11(6-10)5-8(7)12(9)10/h7-8H,1-6H2/t7-,8-,10-/m1/s1. The molecule has 70 valence electrons. The van der Waals surface area contributed by atoms with Crippen LogP contribution in [-0.4, -0.2) is 46.9 Å². The summed E-state index contributed by atoms with van der Waals surface area (Å²) in [5, 5.41) is 0. The van der Waals surface area contributed by atoms with E-state index in [0.29, 0.717) is 17.5 Å². The van der Waals surface area contributed by atoms with Crippen molar-refractivity contribution in [1.82, 2.24) is 9.80 Å². The van der Waals surface area contributed by atoms with Gasteiger partial charge in [-0.05, 0) is 25.3 Å². The number of piperazine rings is 1. The van der Waals surface area contributed by atoms with Gasteiger partial charge >= 0.3 is 0 Å². The van der Waals surface area contributed by atoms with E-state index >= 15 is 0 Å². The van der Waals surface area contributed by atoms with Crippen LogP contribution in [-0.2, 0) is 4.79 Å². The molecule has 0 N–H and O–H groups in total. The predicted molar refractivity (Wildman–Crippen MR) is 47.1 cm³/mol. The summed E-state index contributed by atoms with van der Waals surface area (Å²) in [6.07, 6.45) is 3.48. The minimum atomic E-state index is 0.321. The summed E-state index contributed by atoms with van der Waals surface area (Å²) in [4.78, 5) is 16.3. The second-order valence-electron chi connectivity index (χ2n) is 5.22. The molecular weight excluding hydrogens is 164 g/mol. The molecule has 0 aromatic rings. The predicted octanol–water partition coefficient (Wildman–Crippen LogP) is 0.0653. The van der Waals surface area contributed by atoms with E-state index in [4.69, 9.17) is 0 Å². The Morgan fingerprint density at radius 2 is 2.38 bits per heavy atom. The molecule has 0 radical (unpaired) electrons. The number of nitrogens with zero attached hydrogens (tertiary/aromatic N) is 2. The van der Waals surface area contributed by atoms with Crippen molar-refractivity contribution in [2.75, 3.05) is 19.6 Å². The lowest BCUT2D eigenvalue weighted by Crippen LogP contribution is -2.72. The summed E-state index contributed by atoms with van der Waals surface area (Å²) in [6, 6.07) is 0.601. The fraction of sp³-hybridized carbons (Fsp3) is 0.900. The van der Waals surface area contributed by atoms with Gasteiger partial charge in [-0.2, -0.15) is 0 Å². The molecule has 0 saturated carbocycles. The fourth-order valence-corrected chi connectivity index (χ4v) is 4.15. The summed E-state index contributed by atoms with van der Waals surface area (Å²) >= 11 is 0. The second-order valence-corrected chi connectivity index (χ2v) is 5.22. The molecule has 4 rings (SSSR count). The van der Waals surface area contributed by atoms with E-state index < -0.39 is 0 Å². The normalized spacial score (nSPS) is 56.5. The topological polar surface area (TPSA) is 23.6 Å². The van der Waals surface area contributed by atoms with E-state index in [-0.39, 0.29) is 0 Å². The van der Waals surface area contributed by atoms with Gasteiger partial charge in [-0.1, -0.05) is 0 Å². The Labute approximate surface area is 77.7 Å². The minimum absolute atomic E-state index is 0.321. The van der Waals surface area contributed by atoms with Crippen molar-refractivity contribution in [3.05, 3.63) is 0 Å². The lowest BCUT2D eigenvalue weighted by Gasteiger charge is -2.57. The highest BCUT2D eigenvalue weighted by Gasteiger charge is 2.65. The molecule has 1 amide bonds. The summed E-state index contributed by atoms with van der Waals surface area (Å²) in [6.45, 7) is 3.62. The van der Waals surface area contributed by atoms with Gasteiger partial charge in [-0.15, -0.1) is 0 Å². The highest BCUT2D eigenvalue weighted by Crippen LogP contribution is 2.54. The minimum Gasteiger partial charge on any atom is -0.331 e. The summed E-state index contributed by atoms with van der Waals surface area (Å²) in [5.74, 6) is 1.26. The third-order valence-corrected chi connectivity index (χ3v) is 4.56. The van der Waals surface area contributed by atoms with Gasteiger partial charge in [0.1, 0.15) is 0 Å². The molecule has 4 saturated heterocycles. The molecule has 0 aromatic carbocycles. The highest BCUT2D eigenvalue weighted by molar-refractivity contribution is 5.86. The lowest BCUT2D eigenvalue weighted by molar-refractivity contribution is -0.166. The maximum absolute atomic E-state index is 11.5. The highest BCUT2D eigenvalue weighted by atomic mass is 16.2. The molecule has 4 aliphatic heterocycles. The van der Waals surface area contributed by atoms with E-state index in [1.54, 1.807) is 0 Å². The maximum Gasteiger partial charge on any atom is 0.225 e. The van der Waals surface area contributed by atoms with Crippen LogP contribution in [0.15, 0.2) is 0 Å². The molecule has 4 fully saturated rings. The first kappa shape index (κ1) is 6.82. The van der Waals surface area contributed by atoms with E-state index in [1.807, 2.05) is 0 Å². The molecule has 0 spiro atoms. The molecule has 4 aliphatic rings. The Morgan fingerprint density at radius 3 is 3.23 bits per heavy atom. The van der Waals surface area contributed by atoms with E-state index in [1.165, 1.54) is 25.9 Å². The number of amides is 1. The van der Waals surface area contributed by atoms with Gasteiger partial charge in [0.25, 0.3) is 0 Å². The smallest absolute Gasteiger partial charge is 0.225 e. The third kappa shape index (κ3) is 0.592. The van der Waals surface area contributed by atoms with Crippen LogP contribution in [0.5, 0.6) is 0 Å². The van der Waals surface area contributed by atoms with Gasteiger partial charge in [0.2, 0.25) is 5.91 Å². The van der Waals surface area contributed by atoms with Crippen LogP contribution >= 0.6 is 0 Å². The number of β-lactam (4-membered cyclic amide) rings is 1. The van der Waals surface area contributed by atoms with E-state index in [0.717, 1.165) is 18.9 Å². The first-order valence-corrected chi connectivity index (χ1v) is 5.33. The first-order valence-electron chi connectivity index (χ1n) is 5.33. The fourth-order valence-electron chi connectivity index (χ4n) is 4.15. The van der Waals surface area contributed by atoms with Crippen LogP contribution in [0.4, 0.5) is 0 Å². The zero-order valence-electron chi connectivity index (χ0n) is 7.70. The van der Waals surface area contributed by atoms with Crippen LogP contribution in [0.3, 0.4) is 0 Å². The molecule has 4 heterocycles. The van der Waals surface area contributed by atoms with E-state index in [2.05, 4.69) is 9.80 Å². The monoisotopic (exact) mass is 178 g/mol. The van der Waals surface area contributed by atoms with Crippen molar-refractivity contribution in [3.63, 3.8) is 0 Å². The van der Waals surface area contributed by atoms with Gasteiger partial charge in [0.05, 0.1) is 12.0 Å². The average molecular weight is 178 g/mol. The van der Waals surface area contributed by atoms with Crippen LogP contribution in [0, 0.1) is 5.92 Å². The van der Waals surface area contributed by atoms with Crippen molar-refractivity contribution in [1.29, 1.82) is 0 Å². The van der Waals surface area contributed by atoms with Crippen LogP contribution in [0.1, 0.15) is 19.3 Å². The van der Waals surface area contributed by atoms with Gasteiger partial charge in [-0.25, -0.2) is 0 Å². The maximum atomic E-state index is 11.5. The summed E-state index contributed by atoms with van der Waals surface area (Å²) < 4.78 is 0. The SMILES string of the molecule is O=C1C[C@@]23C[C@H]4CCN(C[C@H]4N12)C3. The zero-order chi connectivity index (χ0) is 8.63. The number of rotatable bonds is 0. The van der Waals surface area contributed by atoms with Crippen molar-refractivity contribution < 1.29 is 4.79 Å². The molecule has 0 aliphatic carbocycles. The molecule has 3 nitrogen and oxygen atoms in total. The Morgan fingerprint density at radius 1 is 1.46 bits per heavy atom. The Hall–Kier alpha value is -0.570. The summed E-state index contributed by atoms with van der Waals surface area (Å²) in [5.41, 5.74) is 0.321. The van der Waals surface area contributed by atoms with Crippen molar-refractivity contribution >= 4 is 5.91 Å². The number of carbonyl (C=O) groups is 1. The molecule has 3 bridgehead atoms. The third-order valence-electron chi connectivity index (χ3n) is 4.56. The number of carbonyl (C=O) groups excluding carboxylic acids is 1. The largest absolute Gasteiger partial charge is 0.331 e. The van der Waals surface area contributed by atoms with Crippen molar-refractivity contribution in [2.45, 2.75) is 30.8 Å². The molecular formula is C10H14N2O. The number of hydrogen-bond acceptors (Lipinski definition) is 2. The molecule has 0 aromatic heterocycles. The first-order chi connectivity index (χ1) is 6.28. The Kier molecular flexibility index (Phi) is 0.934. The Balaban J connectivity index is 1.83. The second kappa shape index (κ2) is 1.78. The van der Waals surface area contributed by atoms with E-state index in [9.17, 15) is 4.79 Å². The van der Waals surface area contributed by atoms with Crippen LogP contribution in [0.2, 0.25) is 0 Å². The molecule has 13 heavy (non-hydrogen) atoms. The summed E-state index contributed by atoms with van der Waals surface area (Å²) in [7, 11) is 0. The quantitative estimate of drug-likeness (QED) is 0.490.